The first-order valence-electron chi connectivity index (χ1n) is 8.17. The lowest BCUT2D eigenvalue weighted by atomic mass is 9.93. The fourth-order valence-electron chi connectivity index (χ4n) is 3.22. The second-order valence-electron chi connectivity index (χ2n) is 6.37. The summed E-state index contributed by atoms with van der Waals surface area (Å²) in [4.78, 5) is 15.3. The second kappa shape index (κ2) is 10.7. The smallest absolute Gasteiger partial charge is 0.340 e. The summed E-state index contributed by atoms with van der Waals surface area (Å²) >= 11 is 0. The van der Waals surface area contributed by atoms with Crippen LogP contribution in [0.4, 0.5) is 13.2 Å². The van der Waals surface area contributed by atoms with Crippen molar-refractivity contribution in [3.8, 4) is 0 Å². The van der Waals surface area contributed by atoms with E-state index >= 15 is 0 Å². The van der Waals surface area contributed by atoms with E-state index in [1.807, 2.05) is 0 Å². The first-order valence-corrected chi connectivity index (χ1v) is 8.17. The van der Waals surface area contributed by atoms with Crippen LogP contribution in [0.5, 0.6) is 0 Å². The third kappa shape index (κ3) is 6.94. The summed E-state index contributed by atoms with van der Waals surface area (Å²) in [6.45, 7) is 4.66. The molecule has 2 rings (SSSR count). The van der Waals surface area contributed by atoms with Gasteiger partial charge in [0, 0.05) is 32.6 Å². The summed E-state index contributed by atoms with van der Waals surface area (Å²) in [5, 5.41) is 3.30. The van der Waals surface area contributed by atoms with Crippen LogP contribution in [0.3, 0.4) is 0 Å². The molecule has 0 saturated carbocycles. The SMILES string of the molecule is CC(N1CCN(C(=O)CCC2CCNCC2)CC1)C(F)(F)F.Cl.Cl. The molecule has 2 heterocycles. The van der Waals surface area contributed by atoms with Gasteiger partial charge in [-0.05, 0) is 45.2 Å². The zero-order chi connectivity index (χ0) is 16.2. The van der Waals surface area contributed by atoms with Gasteiger partial charge < -0.3 is 10.2 Å². The number of nitrogens with one attached hydrogen (secondary N) is 1. The fraction of sp³-hybridized carbons (Fsp3) is 0.933. The van der Waals surface area contributed by atoms with Gasteiger partial charge in [-0.25, -0.2) is 0 Å². The Hall–Kier alpha value is -0.240. The van der Waals surface area contributed by atoms with Crippen molar-refractivity contribution in [2.75, 3.05) is 39.3 Å². The highest BCUT2D eigenvalue weighted by Gasteiger charge is 2.41. The van der Waals surface area contributed by atoms with Crippen molar-refractivity contribution in [3.05, 3.63) is 0 Å². The normalized spacial score (nSPS) is 21.6. The Bertz CT molecular complexity index is 371. The van der Waals surface area contributed by atoms with Crippen LogP contribution < -0.4 is 5.32 Å². The van der Waals surface area contributed by atoms with E-state index in [2.05, 4.69) is 5.32 Å². The summed E-state index contributed by atoms with van der Waals surface area (Å²) in [7, 11) is 0. The third-order valence-electron chi connectivity index (χ3n) is 4.91. The minimum Gasteiger partial charge on any atom is -0.340 e. The van der Waals surface area contributed by atoms with Crippen LogP contribution in [-0.2, 0) is 4.79 Å². The van der Waals surface area contributed by atoms with Crippen molar-refractivity contribution in [1.29, 1.82) is 0 Å². The molecule has 2 fully saturated rings. The molecule has 0 spiro atoms. The predicted molar refractivity (Wildman–Crippen MR) is 93.0 cm³/mol. The number of alkyl halides is 3. The molecule has 0 aromatic heterocycles. The van der Waals surface area contributed by atoms with Crippen LogP contribution in [-0.4, -0.2) is 67.2 Å². The lowest BCUT2D eigenvalue weighted by Gasteiger charge is -2.38. The lowest BCUT2D eigenvalue weighted by Crippen LogP contribution is -2.54. The molecule has 1 amide bonds. The summed E-state index contributed by atoms with van der Waals surface area (Å²) < 4.78 is 38.1. The maximum Gasteiger partial charge on any atom is 0.403 e. The van der Waals surface area contributed by atoms with Gasteiger partial charge in [0.05, 0.1) is 0 Å². The van der Waals surface area contributed by atoms with Gasteiger partial charge in [-0.1, -0.05) is 0 Å². The van der Waals surface area contributed by atoms with E-state index in [0.29, 0.717) is 38.5 Å². The molecule has 2 saturated heterocycles. The van der Waals surface area contributed by atoms with E-state index in [0.717, 1.165) is 32.4 Å². The van der Waals surface area contributed by atoms with Crippen LogP contribution >= 0.6 is 24.8 Å². The van der Waals surface area contributed by atoms with Gasteiger partial charge in [0.1, 0.15) is 6.04 Å². The quantitative estimate of drug-likeness (QED) is 0.797. The van der Waals surface area contributed by atoms with Crippen LogP contribution in [0, 0.1) is 5.92 Å². The van der Waals surface area contributed by atoms with Gasteiger partial charge in [0.15, 0.2) is 0 Å². The van der Waals surface area contributed by atoms with E-state index in [4.69, 9.17) is 0 Å². The zero-order valence-electron chi connectivity index (χ0n) is 14.0. The summed E-state index contributed by atoms with van der Waals surface area (Å²) in [5.74, 6) is 0.703. The molecular formula is C15H28Cl2F3N3O. The topological polar surface area (TPSA) is 35.6 Å². The Kier molecular flexibility index (Phi) is 10.6. The number of nitrogens with zero attached hydrogens (tertiary/aromatic N) is 2. The van der Waals surface area contributed by atoms with E-state index in [1.165, 1.54) is 11.8 Å². The van der Waals surface area contributed by atoms with E-state index in [1.54, 1.807) is 4.90 Å². The average molecular weight is 394 g/mol. The highest BCUT2D eigenvalue weighted by atomic mass is 35.5. The molecule has 2 aliphatic heterocycles. The average Bonchev–Trinajstić information content (AvgIpc) is 2.52. The monoisotopic (exact) mass is 393 g/mol. The minimum atomic E-state index is -4.19. The Morgan fingerprint density at radius 2 is 1.67 bits per heavy atom. The Labute approximate surface area is 154 Å². The van der Waals surface area contributed by atoms with Crippen molar-refractivity contribution >= 4 is 30.7 Å². The summed E-state index contributed by atoms with van der Waals surface area (Å²) in [6, 6.07) is -1.43. The molecule has 0 aromatic carbocycles. The van der Waals surface area contributed by atoms with E-state index < -0.39 is 12.2 Å². The van der Waals surface area contributed by atoms with Crippen LogP contribution in [0.1, 0.15) is 32.6 Å². The molecule has 1 atom stereocenters. The Morgan fingerprint density at radius 3 is 2.17 bits per heavy atom. The molecule has 9 heteroatoms. The molecule has 0 radical (unpaired) electrons. The molecule has 0 bridgehead atoms. The standard InChI is InChI=1S/C15H26F3N3O.2ClH/c1-12(15(16,17)18)20-8-10-21(11-9-20)14(22)3-2-13-4-6-19-7-5-13;;/h12-13,19H,2-11H2,1H3;2*1H. The highest BCUT2D eigenvalue weighted by Crippen LogP contribution is 2.25. The van der Waals surface area contributed by atoms with Gasteiger partial charge >= 0.3 is 6.18 Å². The fourth-order valence-corrected chi connectivity index (χ4v) is 3.22. The van der Waals surface area contributed by atoms with Crippen molar-refractivity contribution in [3.63, 3.8) is 0 Å². The molecule has 0 aromatic rings. The van der Waals surface area contributed by atoms with Gasteiger partial charge in [-0.3, -0.25) is 9.69 Å². The van der Waals surface area contributed by atoms with Gasteiger partial charge in [-0.2, -0.15) is 13.2 Å². The highest BCUT2D eigenvalue weighted by molar-refractivity contribution is 5.85. The molecular weight excluding hydrogens is 366 g/mol. The van der Waals surface area contributed by atoms with Crippen LogP contribution in [0.15, 0.2) is 0 Å². The predicted octanol–water partition coefficient (Wildman–Crippen LogP) is 2.70. The summed E-state index contributed by atoms with van der Waals surface area (Å²) in [5.41, 5.74) is 0. The Balaban J connectivity index is 0.00000264. The first-order chi connectivity index (χ1) is 10.4. The molecule has 4 nitrogen and oxygen atoms in total. The summed E-state index contributed by atoms with van der Waals surface area (Å²) in [6.07, 6.45) is -0.533. The lowest BCUT2D eigenvalue weighted by molar-refractivity contribution is -0.183. The maximum atomic E-state index is 12.7. The largest absolute Gasteiger partial charge is 0.403 e. The number of rotatable bonds is 4. The van der Waals surface area contributed by atoms with E-state index in [9.17, 15) is 18.0 Å². The number of piperidine rings is 1. The minimum absolute atomic E-state index is 0. The first kappa shape index (κ1) is 23.8. The van der Waals surface area contributed by atoms with Gasteiger partial charge in [-0.15, -0.1) is 24.8 Å². The van der Waals surface area contributed by atoms with Crippen molar-refractivity contribution < 1.29 is 18.0 Å². The van der Waals surface area contributed by atoms with Crippen molar-refractivity contribution in [1.82, 2.24) is 15.1 Å². The number of carbonyl (C=O) groups excluding carboxylic acids is 1. The molecule has 24 heavy (non-hydrogen) atoms. The molecule has 144 valence electrons. The molecule has 1 unspecified atom stereocenters. The van der Waals surface area contributed by atoms with E-state index in [-0.39, 0.29) is 30.7 Å². The Morgan fingerprint density at radius 1 is 1.12 bits per heavy atom. The van der Waals surface area contributed by atoms with Crippen molar-refractivity contribution in [2.45, 2.75) is 44.8 Å². The zero-order valence-corrected chi connectivity index (χ0v) is 15.6. The van der Waals surface area contributed by atoms with Crippen molar-refractivity contribution in [2.24, 2.45) is 5.92 Å². The number of hydrogen-bond donors (Lipinski definition) is 1. The maximum absolute atomic E-state index is 12.7. The number of halogens is 5. The number of hydrogen-bond acceptors (Lipinski definition) is 3. The van der Waals surface area contributed by atoms with Crippen LogP contribution in [0.2, 0.25) is 0 Å². The molecule has 0 aliphatic carbocycles. The molecule has 1 N–H and O–H groups in total. The number of piperazine rings is 1. The third-order valence-corrected chi connectivity index (χ3v) is 4.91. The van der Waals surface area contributed by atoms with Gasteiger partial charge in [0.25, 0.3) is 0 Å². The number of carbonyl (C=O) groups is 1. The number of amides is 1. The molecule has 2 aliphatic rings. The second-order valence-corrected chi connectivity index (χ2v) is 6.37. The van der Waals surface area contributed by atoms with Crippen LogP contribution in [0.25, 0.3) is 0 Å². The van der Waals surface area contributed by atoms with Gasteiger partial charge in [0.2, 0.25) is 5.91 Å².